The zero-order valence-corrected chi connectivity index (χ0v) is 23.9. The van der Waals surface area contributed by atoms with Crippen LogP contribution in [0.1, 0.15) is 48.5 Å². The number of likely N-dealkylation sites (N-methyl/N-ethyl adjacent to an activating group) is 1. The number of hydrogen-bond donors (Lipinski definition) is 1. The van der Waals surface area contributed by atoms with E-state index in [9.17, 15) is 22.8 Å². The van der Waals surface area contributed by atoms with Crippen molar-refractivity contribution in [3.63, 3.8) is 0 Å². The third-order valence-corrected chi connectivity index (χ3v) is 6.42. The standard InChI is InChI=1S/C15H34NO8PS.C5H14NO/c1-12(14(2,3)4)24-13(10-22-11-23-25(17,18)19)9-16(15(5,6)7)26(8,20)21;1-6(2,3)4-5-7/h12-13H,9-11H2,1-8H3,(H2,17,18,19);7H,4-5H2,1-3H3/q;+1/p-2/t12-,13-;/m0./s1. The molecule has 0 aliphatic rings. The highest BCUT2D eigenvalue weighted by atomic mass is 32.2. The molecule has 0 bridgehead atoms. The van der Waals surface area contributed by atoms with Gasteiger partial charge in [0.05, 0.1) is 60.6 Å². The Morgan fingerprint density at radius 1 is 1.09 bits per heavy atom. The van der Waals surface area contributed by atoms with E-state index in [1.165, 1.54) is 4.31 Å². The molecule has 0 aliphatic carbocycles. The van der Waals surface area contributed by atoms with Crippen LogP contribution in [-0.4, -0.2) is 101 Å². The van der Waals surface area contributed by atoms with E-state index in [0.717, 1.165) is 17.3 Å². The van der Waals surface area contributed by atoms with E-state index in [1.807, 2.05) is 27.7 Å². The van der Waals surface area contributed by atoms with Crippen molar-refractivity contribution in [3.05, 3.63) is 0 Å². The number of phosphoric ester groups is 1. The zero-order chi connectivity index (χ0) is 26.9. The Morgan fingerprint density at radius 2 is 1.58 bits per heavy atom. The molecule has 11 nitrogen and oxygen atoms in total. The van der Waals surface area contributed by atoms with Gasteiger partial charge < -0.3 is 37.9 Å². The molecule has 0 radical (unpaired) electrons. The van der Waals surface area contributed by atoms with Gasteiger partial charge in [0.25, 0.3) is 0 Å². The molecule has 2 atom stereocenters. The Hall–Kier alpha value is -0.140. The summed E-state index contributed by atoms with van der Waals surface area (Å²) in [4.78, 5) is 21.0. The van der Waals surface area contributed by atoms with Crippen LogP contribution in [0.3, 0.4) is 0 Å². The van der Waals surface area contributed by atoms with Crippen LogP contribution >= 0.6 is 7.82 Å². The van der Waals surface area contributed by atoms with Crippen LogP contribution in [0.25, 0.3) is 0 Å². The predicted octanol–water partition coefficient (Wildman–Crippen LogP) is 0.371. The number of nitrogens with zero attached hydrogens (tertiary/aromatic N) is 2. The zero-order valence-electron chi connectivity index (χ0n) is 22.2. The molecule has 0 spiro atoms. The quantitative estimate of drug-likeness (QED) is 0.166. The number of hydrogen-bond acceptors (Lipinski definition) is 9. The number of quaternary nitrogens is 1. The SMILES string of the molecule is C[C@H](O[C@H](COCOP(=O)([O-])[O-])CN(C(C)(C)C)S(C)(=O)=O)C(C)(C)C.C[N+](C)(C)CCO. The minimum atomic E-state index is -5.13. The summed E-state index contributed by atoms with van der Waals surface area (Å²) in [6.07, 6.45) is 0.195. The Labute approximate surface area is 200 Å². The van der Waals surface area contributed by atoms with Crippen molar-refractivity contribution in [1.82, 2.24) is 4.31 Å². The maximum Gasteiger partial charge on any atom is 0.211 e. The van der Waals surface area contributed by atoms with Crippen LogP contribution in [-0.2, 0) is 28.6 Å². The van der Waals surface area contributed by atoms with Crippen molar-refractivity contribution in [1.29, 1.82) is 0 Å². The molecular weight excluding hydrogens is 475 g/mol. The summed E-state index contributed by atoms with van der Waals surface area (Å²) in [6, 6.07) is 0. The molecule has 0 aromatic rings. The average molecular weight is 522 g/mol. The Bertz CT molecular complexity index is 692. The molecule has 0 aromatic carbocycles. The number of phosphoric acid groups is 1. The molecular formula is C20H46N2O9PS-. The van der Waals surface area contributed by atoms with Crippen molar-refractivity contribution < 1.29 is 46.4 Å². The average Bonchev–Trinajstić information content (AvgIpc) is 2.51. The van der Waals surface area contributed by atoms with E-state index < -0.39 is 36.3 Å². The van der Waals surface area contributed by atoms with E-state index in [4.69, 9.17) is 14.6 Å². The summed E-state index contributed by atoms with van der Waals surface area (Å²) in [7, 11) is -2.50. The lowest BCUT2D eigenvalue weighted by atomic mass is 9.90. The lowest BCUT2D eigenvalue weighted by Crippen LogP contribution is -2.51. The molecule has 0 aromatic heterocycles. The van der Waals surface area contributed by atoms with Crippen LogP contribution in [0.15, 0.2) is 0 Å². The smallest absolute Gasteiger partial charge is 0.211 e. The minimum absolute atomic E-state index is 0.00909. The number of sulfonamides is 1. The summed E-state index contributed by atoms with van der Waals surface area (Å²) in [5.74, 6) is 0. The lowest BCUT2D eigenvalue weighted by Gasteiger charge is -2.38. The molecule has 0 rings (SSSR count). The topological polar surface area (TPSA) is 148 Å². The molecule has 0 heterocycles. The van der Waals surface area contributed by atoms with Crippen LogP contribution in [0.4, 0.5) is 0 Å². The van der Waals surface area contributed by atoms with E-state index in [0.29, 0.717) is 0 Å². The first-order chi connectivity index (χ1) is 14.4. The van der Waals surface area contributed by atoms with Crippen molar-refractivity contribution in [3.8, 4) is 0 Å². The first-order valence-electron chi connectivity index (χ1n) is 10.7. The third kappa shape index (κ3) is 19.8. The molecule has 0 saturated heterocycles. The highest BCUT2D eigenvalue weighted by Gasteiger charge is 2.34. The highest BCUT2D eigenvalue weighted by Crippen LogP contribution is 2.26. The van der Waals surface area contributed by atoms with E-state index >= 15 is 0 Å². The second-order valence-corrected chi connectivity index (χ2v) is 14.1. The summed E-state index contributed by atoms with van der Waals surface area (Å²) in [5, 5.41) is 8.39. The summed E-state index contributed by atoms with van der Waals surface area (Å²) in [6.45, 7) is 13.3. The molecule has 0 amide bonds. The van der Waals surface area contributed by atoms with Crippen molar-refractivity contribution in [2.45, 2.75) is 66.2 Å². The first-order valence-corrected chi connectivity index (χ1v) is 14.0. The van der Waals surface area contributed by atoms with Gasteiger partial charge in [-0.15, -0.1) is 0 Å². The summed E-state index contributed by atoms with van der Waals surface area (Å²) >= 11 is 0. The second kappa shape index (κ2) is 13.8. The second-order valence-electron chi connectivity index (χ2n) is 11.0. The molecule has 0 unspecified atom stereocenters. The van der Waals surface area contributed by atoms with Gasteiger partial charge in [0.15, 0.2) is 6.79 Å². The normalized spacial score (nSPS) is 15.7. The van der Waals surface area contributed by atoms with Gasteiger partial charge in [-0.3, -0.25) is 0 Å². The molecule has 0 aliphatic heterocycles. The Morgan fingerprint density at radius 3 is 1.85 bits per heavy atom. The van der Waals surface area contributed by atoms with Gasteiger partial charge in [0.1, 0.15) is 6.54 Å². The monoisotopic (exact) mass is 521 g/mol. The Kier molecular flexibility index (Phi) is 14.7. The van der Waals surface area contributed by atoms with Gasteiger partial charge in [-0.1, -0.05) is 20.8 Å². The van der Waals surface area contributed by atoms with Crippen LogP contribution in [0, 0.1) is 5.41 Å². The largest absolute Gasteiger partial charge is 0.790 e. The maximum absolute atomic E-state index is 12.1. The van der Waals surface area contributed by atoms with E-state index in [1.54, 1.807) is 20.8 Å². The molecule has 33 heavy (non-hydrogen) atoms. The van der Waals surface area contributed by atoms with Crippen LogP contribution in [0.5, 0.6) is 0 Å². The number of ether oxygens (including phenoxy) is 2. The number of aliphatic hydroxyl groups is 1. The van der Waals surface area contributed by atoms with E-state index in [2.05, 4.69) is 25.7 Å². The van der Waals surface area contributed by atoms with Crippen LogP contribution in [0.2, 0.25) is 0 Å². The number of rotatable bonds is 12. The number of aliphatic hydroxyl groups excluding tert-OH is 1. The molecule has 0 saturated carbocycles. The molecule has 202 valence electrons. The van der Waals surface area contributed by atoms with Gasteiger partial charge in [-0.05, 0) is 33.1 Å². The fourth-order valence-corrected chi connectivity index (χ4v) is 3.94. The van der Waals surface area contributed by atoms with Gasteiger partial charge >= 0.3 is 0 Å². The molecule has 1 N–H and O–H groups in total. The third-order valence-electron chi connectivity index (χ3n) is 4.50. The summed E-state index contributed by atoms with van der Waals surface area (Å²) in [5.41, 5.74) is -0.886. The van der Waals surface area contributed by atoms with Crippen LogP contribution < -0.4 is 9.79 Å². The van der Waals surface area contributed by atoms with Gasteiger partial charge in [-0.25, -0.2) is 8.42 Å². The lowest BCUT2D eigenvalue weighted by molar-refractivity contribution is -0.870. The Balaban J connectivity index is 0. The summed E-state index contributed by atoms with van der Waals surface area (Å²) < 4.78 is 51.9. The van der Waals surface area contributed by atoms with Gasteiger partial charge in [-0.2, -0.15) is 4.31 Å². The maximum atomic E-state index is 12.1. The predicted molar refractivity (Wildman–Crippen MR) is 125 cm³/mol. The van der Waals surface area contributed by atoms with Crippen molar-refractivity contribution in [2.75, 3.05) is 60.5 Å². The fraction of sp³-hybridized carbons (Fsp3) is 1.00. The highest BCUT2D eigenvalue weighted by molar-refractivity contribution is 7.88. The first kappa shape index (κ1) is 35.0. The van der Waals surface area contributed by atoms with Crippen molar-refractivity contribution >= 4 is 17.8 Å². The fourth-order valence-electron chi connectivity index (χ4n) is 2.30. The molecule has 0 fully saturated rings. The van der Waals surface area contributed by atoms with Gasteiger partial charge in [0, 0.05) is 12.1 Å². The van der Waals surface area contributed by atoms with Gasteiger partial charge in [0.2, 0.25) is 10.0 Å². The van der Waals surface area contributed by atoms with E-state index in [-0.39, 0.29) is 31.3 Å². The van der Waals surface area contributed by atoms with Crippen molar-refractivity contribution in [2.24, 2.45) is 5.41 Å². The minimum Gasteiger partial charge on any atom is -0.790 e. The molecule has 13 heteroatoms.